The second-order valence-corrected chi connectivity index (χ2v) is 9.57. The molecule has 2 bridgehead atoms. The fourth-order valence-corrected chi connectivity index (χ4v) is 6.79. The molecule has 3 heterocycles. The fourth-order valence-electron chi connectivity index (χ4n) is 6.79. The Labute approximate surface area is 156 Å². The lowest BCUT2D eigenvalue weighted by Gasteiger charge is -2.46. The van der Waals surface area contributed by atoms with Crippen LogP contribution in [-0.4, -0.2) is 52.0 Å². The van der Waals surface area contributed by atoms with Crippen molar-refractivity contribution in [3.05, 3.63) is 0 Å². The molecule has 2 aliphatic carbocycles. The highest BCUT2D eigenvalue weighted by Gasteiger charge is 2.56. The Hall–Kier alpha value is -1.12. The molecule has 3 aliphatic heterocycles. The third kappa shape index (κ3) is 2.68. The van der Waals surface area contributed by atoms with E-state index < -0.39 is 6.04 Å². The number of hydrogen-bond acceptors (Lipinski definition) is 4. The first-order chi connectivity index (χ1) is 12.7. The Bertz CT molecular complexity index is 596. The van der Waals surface area contributed by atoms with Gasteiger partial charge in [0.2, 0.25) is 5.91 Å². The number of nitrogens with two attached hydrogens (primary N) is 1. The summed E-state index contributed by atoms with van der Waals surface area (Å²) < 4.78 is 0. The van der Waals surface area contributed by atoms with E-state index in [1.54, 1.807) is 0 Å². The van der Waals surface area contributed by atoms with E-state index in [1.165, 1.54) is 44.9 Å². The van der Waals surface area contributed by atoms with Gasteiger partial charge in [0.05, 0.1) is 12.1 Å². The Kier molecular flexibility index (Phi) is 4.25. The first kappa shape index (κ1) is 17.0. The van der Waals surface area contributed by atoms with Crippen LogP contribution in [0.3, 0.4) is 0 Å². The van der Waals surface area contributed by atoms with Gasteiger partial charge in [-0.25, -0.2) is 0 Å². The van der Waals surface area contributed by atoms with E-state index in [0.717, 1.165) is 31.7 Å². The first-order valence-corrected chi connectivity index (χ1v) is 10.9. The van der Waals surface area contributed by atoms with Crippen molar-refractivity contribution in [1.82, 2.24) is 9.80 Å². The third-order valence-corrected chi connectivity index (χ3v) is 8.12. The number of carbonyl (C=O) groups excluding carboxylic acids is 1. The van der Waals surface area contributed by atoms with E-state index in [2.05, 4.69) is 11.0 Å². The van der Waals surface area contributed by atoms with E-state index in [0.29, 0.717) is 30.0 Å². The Morgan fingerprint density at radius 1 is 0.962 bits per heavy atom. The molecule has 0 aromatic heterocycles. The minimum atomic E-state index is -0.401. The zero-order valence-corrected chi connectivity index (χ0v) is 15.7. The van der Waals surface area contributed by atoms with Gasteiger partial charge in [-0.1, -0.05) is 19.3 Å². The number of likely N-dealkylation sites (tertiary alicyclic amines) is 1. The third-order valence-electron chi connectivity index (χ3n) is 8.12. The van der Waals surface area contributed by atoms with Crippen molar-refractivity contribution in [2.45, 2.75) is 107 Å². The maximum atomic E-state index is 13.1. The van der Waals surface area contributed by atoms with Crippen LogP contribution in [0.2, 0.25) is 0 Å². The smallest absolute Gasteiger partial charge is 0.241 e. The Balaban J connectivity index is 1.26. The van der Waals surface area contributed by atoms with Gasteiger partial charge in [0.25, 0.3) is 0 Å². The molecule has 2 unspecified atom stereocenters. The minimum Gasteiger partial charge on any atom is -0.322 e. The predicted octanol–water partition coefficient (Wildman–Crippen LogP) is 2.40. The maximum Gasteiger partial charge on any atom is 0.241 e. The van der Waals surface area contributed by atoms with Crippen molar-refractivity contribution in [3.63, 3.8) is 0 Å². The lowest BCUT2D eigenvalue weighted by Crippen LogP contribution is -2.56. The van der Waals surface area contributed by atoms with Gasteiger partial charge < -0.3 is 10.6 Å². The molecule has 6 atom stereocenters. The van der Waals surface area contributed by atoms with E-state index in [-0.39, 0.29) is 11.9 Å². The highest BCUT2D eigenvalue weighted by Crippen LogP contribution is 2.49. The summed E-state index contributed by atoms with van der Waals surface area (Å²) in [4.78, 5) is 17.8. The van der Waals surface area contributed by atoms with Crippen LogP contribution in [0.1, 0.15) is 70.6 Å². The van der Waals surface area contributed by atoms with Crippen LogP contribution in [0.15, 0.2) is 0 Å². The zero-order chi connectivity index (χ0) is 17.8. The van der Waals surface area contributed by atoms with Crippen molar-refractivity contribution in [2.24, 2.45) is 17.6 Å². The number of fused-ring (bicyclic) bond motifs is 3. The zero-order valence-electron chi connectivity index (χ0n) is 15.7. The Morgan fingerprint density at radius 3 is 2.31 bits per heavy atom. The average Bonchev–Trinajstić information content (AvgIpc) is 3.26. The van der Waals surface area contributed by atoms with E-state index >= 15 is 0 Å². The first-order valence-electron chi connectivity index (χ1n) is 10.9. The van der Waals surface area contributed by atoms with Gasteiger partial charge in [0.1, 0.15) is 6.04 Å². The largest absolute Gasteiger partial charge is 0.322 e. The van der Waals surface area contributed by atoms with Crippen molar-refractivity contribution in [1.29, 1.82) is 5.26 Å². The van der Waals surface area contributed by atoms with Gasteiger partial charge in [0.15, 0.2) is 0 Å². The molecule has 1 amide bonds. The summed E-state index contributed by atoms with van der Waals surface area (Å²) in [5.74, 6) is 0.939. The van der Waals surface area contributed by atoms with Crippen LogP contribution in [0, 0.1) is 23.2 Å². The van der Waals surface area contributed by atoms with Gasteiger partial charge in [-0.2, -0.15) is 5.26 Å². The molecule has 0 radical (unpaired) electrons. The lowest BCUT2D eigenvalue weighted by atomic mass is 9.82. The van der Waals surface area contributed by atoms with E-state index in [1.807, 2.05) is 4.90 Å². The quantitative estimate of drug-likeness (QED) is 0.843. The maximum absolute atomic E-state index is 13.1. The SMILES string of the molecule is N#C[C@@H]1C[C@@H]2C[C@@H]2N1C(=O)[C@@H](N)C1CC2CCC(C1)N2C1CCCCC1. The van der Waals surface area contributed by atoms with Gasteiger partial charge in [-0.15, -0.1) is 0 Å². The van der Waals surface area contributed by atoms with Crippen molar-refractivity contribution < 1.29 is 4.79 Å². The fraction of sp³-hybridized carbons (Fsp3) is 0.905. The van der Waals surface area contributed by atoms with E-state index in [4.69, 9.17) is 5.73 Å². The number of amides is 1. The monoisotopic (exact) mass is 356 g/mol. The molecule has 5 nitrogen and oxygen atoms in total. The molecule has 26 heavy (non-hydrogen) atoms. The number of rotatable bonds is 3. The normalized spacial score (nSPS) is 43.8. The van der Waals surface area contributed by atoms with Crippen LogP contribution in [0.5, 0.6) is 0 Å². The average molecular weight is 357 g/mol. The number of carbonyl (C=O) groups is 1. The van der Waals surface area contributed by atoms with Gasteiger partial charge in [0, 0.05) is 24.2 Å². The minimum absolute atomic E-state index is 0.0667. The molecule has 3 saturated heterocycles. The Morgan fingerprint density at radius 2 is 1.65 bits per heavy atom. The number of hydrogen-bond donors (Lipinski definition) is 1. The van der Waals surface area contributed by atoms with Gasteiger partial charge in [-0.05, 0) is 63.2 Å². The predicted molar refractivity (Wildman–Crippen MR) is 99.0 cm³/mol. The second kappa shape index (κ2) is 6.49. The van der Waals surface area contributed by atoms with Crippen molar-refractivity contribution >= 4 is 5.91 Å². The van der Waals surface area contributed by atoms with Crippen molar-refractivity contribution in [3.8, 4) is 6.07 Å². The van der Waals surface area contributed by atoms with Crippen molar-refractivity contribution in [2.75, 3.05) is 0 Å². The molecule has 2 N–H and O–H groups in total. The molecule has 0 aromatic carbocycles. The standard InChI is InChI=1S/C21H32N4O/c22-12-18-8-13-11-19(13)25(18)21(26)20(23)14-9-16-6-7-17(10-14)24(16)15-4-2-1-3-5-15/h13-20H,1-11,23H2/t13-,14?,16?,17?,18+,19+,20+/m1/s1. The number of nitrogens with zero attached hydrogens (tertiary/aromatic N) is 3. The molecule has 2 saturated carbocycles. The summed E-state index contributed by atoms with van der Waals surface area (Å²) in [5, 5.41) is 9.40. The van der Waals surface area contributed by atoms with Gasteiger partial charge in [-0.3, -0.25) is 9.69 Å². The molecular formula is C21H32N4O. The number of piperidine rings is 2. The van der Waals surface area contributed by atoms with Crippen LogP contribution >= 0.6 is 0 Å². The van der Waals surface area contributed by atoms with Crippen LogP contribution in [0.25, 0.3) is 0 Å². The summed E-state index contributed by atoms with van der Waals surface area (Å²) in [7, 11) is 0. The van der Waals surface area contributed by atoms with Crippen LogP contribution in [0.4, 0.5) is 0 Å². The molecular weight excluding hydrogens is 324 g/mol. The van der Waals surface area contributed by atoms with E-state index in [9.17, 15) is 10.1 Å². The highest BCUT2D eigenvalue weighted by atomic mass is 16.2. The van der Waals surface area contributed by atoms with Crippen LogP contribution < -0.4 is 5.73 Å². The summed E-state index contributed by atoms with van der Waals surface area (Å²) >= 11 is 0. The summed E-state index contributed by atoms with van der Waals surface area (Å²) in [6, 6.07) is 4.08. The van der Waals surface area contributed by atoms with Gasteiger partial charge >= 0.3 is 0 Å². The topological polar surface area (TPSA) is 73.4 Å². The molecule has 0 aromatic rings. The molecule has 5 fully saturated rings. The second-order valence-electron chi connectivity index (χ2n) is 9.57. The lowest BCUT2D eigenvalue weighted by molar-refractivity contribution is -0.135. The van der Waals surface area contributed by atoms with Crippen LogP contribution in [-0.2, 0) is 4.79 Å². The summed E-state index contributed by atoms with van der Waals surface area (Å²) in [6.45, 7) is 0. The molecule has 5 rings (SSSR count). The highest BCUT2D eigenvalue weighted by molar-refractivity contribution is 5.84. The molecule has 142 valence electrons. The molecule has 5 heteroatoms. The molecule has 0 spiro atoms. The number of nitriles is 1. The molecule has 5 aliphatic rings. The summed E-state index contributed by atoms with van der Waals surface area (Å²) in [6.07, 6.45) is 13.6. The summed E-state index contributed by atoms with van der Waals surface area (Å²) in [5.41, 5.74) is 6.53.